The predicted octanol–water partition coefficient (Wildman–Crippen LogP) is 3.47. The first-order valence-electron chi connectivity index (χ1n) is 10.1. The second kappa shape index (κ2) is 8.41. The van der Waals surface area contributed by atoms with E-state index in [1.807, 2.05) is 13.0 Å². The van der Waals surface area contributed by atoms with Gasteiger partial charge >= 0.3 is 5.91 Å². The lowest BCUT2D eigenvalue weighted by Gasteiger charge is -2.17. The summed E-state index contributed by atoms with van der Waals surface area (Å²) in [5.74, 6) is -0.941. The van der Waals surface area contributed by atoms with Crippen molar-refractivity contribution in [2.24, 2.45) is 0 Å². The number of hydrogen-bond donors (Lipinski definition) is 1. The Morgan fingerprint density at radius 1 is 1.00 bits per heavy atom. The zero-order valence-electron chi connectivity index (χ0n) is 17.7. The average Bonchev–Trinajstić information content (AvgIpc) is 3.23. The second-order valence-corrected chi connectivity index (χ2v) is 8.45. The number of halogens is 2. The first-order chi connectivity index (χ1) is 15.3. The van der Waals surface area contributed by atoms with Crippen LogP contribution in [0.3, 0.4) is 0 Å². The van der Waals surface area contributed by atoms with Crippen LogP contribution in [0.15, 0.2) is 53.6 Å². The van der Waals surface area contributed by atoms with Gasteiger partial charge in [0.25, 0.3) is 17.2 Å². The van der Waals surface area contributed by atoms with Crippen LogP contribution in [-0.2, 0) is 16.0 Å². The van der Waals surface area contributed by atoms with E-state index < -0.39 is 17.4 Å². The minimum absolute atomic E-state index is 0.0804. The summed E-state index contributed by atoms with van der Waals surface area (Å²) in [6.45, 7) is 5.39. The van der Waals surface area contributed by atoms with E-state index in [0.717, 1.165) is 0 Å². The van der Waals surface area contributed by atoms with Crippen molar-refractivity contribution in [3.05, 3.63) is 80.4 Å². The number of carbonyl (C=O) groups excluding carboxylic acids is 2. The smallest absolute Gasteiger partial charge is 0.294 e. The summed E-state index contributed by atoms with van der Waals surface area (Å²) >= 11 is 12.2. The lowest BCUT2D eigenvalue weighted by Crippen LogP contribution is -2.42. The van der Waals surface area contributed by atoms with E-state index in [2.05, 4.69) is 5.10 Å². The number of pyridine rings is 1. The molecule has 0 radical (unpaired) electrons. The lowest BCUT2D eigenvalue weighted by atomic mass is 10.0. The number of amides is 2. The second-order valence-electron chi connectivity index (χ2n) is 7.64. The van der Waals surface area contributed by atoms with E-state index in [0.29, 0.717) is 27.8 Å². The van der Waals surface area contributed by atoms with Crippen molar-refractivity contribution in [1.82, 2.24) is 14.7 Å². The summed E-state index contributed by atoms with van der Waals surface area (Å²) < 4.78 is 2.89. The number of H-pyrrole nitrogens is 1. The first kappa shape index (κ1) is 22.0. The predicted molar refractivity (Wildman–Crippen MR) is 123 cm³/mol. The van der Waals surface area contributed by atoms with Crippen LogP contribution in [0.2, 0.25) is 10.0 Å². The fraction of sp³-hybridized carbons (Fsp3) is 0.217. The van der Waals surface area contributed by atoms with Gasteiger partial charge in [0, 0.05) is 23.9 Å². The summed E-state index contributed by atoms with van der Waals surface area (Å²) in [5.41, 5.74) is 0.963. The van der Waals surface area contributed by atoms with E-state index in [4.69, 9.17) is 23.2 Å². The van der Waals surface area contributed by atoms with Crippen molar-refractivity contribution < 1.29 is 14.2 Å². The van der Waals surface area contributed by atoms with Crippen LogP contribution < -0.4 is 10.1 Å². The van der Waals surface area contributed by atoms with E-state index >= 15 is 0 Å². The zero-order chi connectivity index (χ0) is 23.2. The highest BCUT2D eigenvalue weighted by Crippen LogP contribution is 2.32. The molecule has 0 saturated heterocycles. The molecule has 1 N–H and O–H groups in total. The molecule has 9 heteroatoms. The molecule has 0 fully saturated rings. The highest BCUT2D eigenvalue weighted by atomic mass is 35.5. The average molecular weight is 472 g/mol. The number of nitrogens with zero attached hydrogens (tertiary/aromatic N) is 3. The molecule has 0 bridgehead atoms. The maximum atomic E-state index is 13.6. The van der Waals surface area contributed by atoms with Gasteiger partial charge in [-0.2, -0.15) is 4.57 Å². The van der Waals surface area contributed by atoms with Crippen LogP contribution in [0.1, 0.15) is 32.0 Å². The third-order valence-corrected chi connectivity index (χ3v) is 6.05. The zero-order valence-corrected chi connectivity index (χ0v) is 19.2. The Labute approximate surface area is 194 Å². The van der Waals surface area contributed by atoms with E-state index in [-0.39, 0.29) is 22.9 Å². The Bertz CT molecular complexity index is 1320. The van der Waals surface area contributed by atoms with Crippen LogP contribution >= 0.6 is 23.2 Å². The maximum absolute atomic E-state index is 13.6. The summed E-state index contributed by atoms with van der Waals surface area (Å²) in [4.78, 5) is 41.5. The van der Waals surface area contributed by atoms with Gasteiger partial charge in [0.05, 0.1) is 21.3 Å². The molecule has 0 atom stereocenters. The van der Waals surface area contributed by atoms with Crippen LogP contribution in [0.4, 0.5) is 0 Å². The number of hydrogen-bond acceptors (Lipinski definition) is 3. The van der Waals surface area contributed by atoms with Gasteiger partial charge in [-0.3, -0.25) is 24.4 Å². The van der Waals surface area contributed by atoms with Crippen molar-refractivity contribution in [1.29, 1.82) is 0 Å². The Balaban J connectivity index is 2.01. The molecule has 0 saturated carbocycles. The molecule has 7 nitrogen and oxygen atoms in total. The van der Waals surface area contributed by atoms with Gasteiger partial charge in [-0.05, 0) is 38.5 Å². The van der Waals surface area contributed by atoms with Crippen molar-refractivity contribution in [2.45, 2.75) is 33.2 Å². The molecule has 1 aromatic carbocycles. The highest BCUT2D eigenvalue weighted by molar-refractivity contribution is 6.44. The fourth-order valence-electron chi connectivity index (χ4n) is 3.82. The van der Waals surface area contributed by atoms with Crippen molar-refractivity contribution in [2.75, 3.05) is 0 Å². The maximum Gasteiger partial charge on any atom is 0.327 e. The number of imide groups is 1. The molecule has 2 amide bonds. The third kappa shape index (κ3) is 3.47. The molecular weight excluding hydrogens is 451 g/mol. The Kier molecular flexibility index (Phi) is 5.79. The Hall–Kier alpha value is -3.16. The van der Waals surface area contributed by atoms with Crippen molar-refractivity contribution in [3.63, 3.8) is 0 Å². The molecule has 0 unspecified atom stereocenters. The highest BCUT2D eigenvalue weighted by Gasteiger charge is 2.48. The molecular formula is C23H21Cl2N4O3+. The number of benzene rings is 1. The Morgan fingerprint density at radius 2 is 1.69 bits per heavy atom. The molecule has 32 heavy (non-hydrogen) atoms. The molecule has 3 heterocycles. The largest absolute Gasteiger partial charge is 0.327 e. The summed E-state index contributed by atoms with van der Waals surface area (Å²) in [5, 5.41) is 3.72. The third-order valence-electron chi connectivity index (χ3n) is 5.31. The van der Waals surface area contributed by atoms with Gasteiger partial charge in [-0.1, -0.05) is 36.2 Å². The molecule has 2 aromatic heterocycles. The first-order valence-corrected chi connectivity index (χ1v) is 10.9. The van der Waals surface area contributed by atoms with Crippen LogP contribution in [-0.4, -0.2) is 32.5 Å². The van der Waals surface area contributed by atoms with Gasteiger partial charge in [0.2, 0.25) is 0 Å². The summed E-state index contributed by atoms with van der Waals surface area (Å²) in [7, 11) is 0. The normalized spacial score (nSPS) is 14.2. The molecule has 164 valence electrons. The molecule has 1 aliphatic heterocycles. The Morgan fingerprint density at radius 3 is 2.28 bits per heavy atom. The van der Waals surface area contributed by atoms with E-state index in [1.54, 1.807) is 61.1 Å². The fourth-order valence-corrected chi connectivity index (χ4v) is 4.11. The van der Waals surface area contributed by atoms with E-state index in [1.165, 1.54) is 9.58 Å². The standard InChI is InChI=1S/C23H20Cl2N4O3/c1-4-17-18(22(31)29(26-17)14-8-9-15(24)16(25)12-14)19-20(27-10-6-5-7-11-27)23(32)28(13(2)3)21(19)30/h5-13H,4H2,1-3H3/p+1. The van der Waals surface area contributed by atoms with Gasteiger partial charge in [0.15, 0.2) is 12.4 Å². The topological polar surface area (TPSA) is 79.1 Å². The minimum atomic E-state index is -0.497. The van der Waals surface area contributed by atoms with Crippen molar-refractivity contribution in [3.8, 4) is 5.69 Å². The monoisotopic (exact) mass is 471 g/mol. The number of aryl methyl sites for hydroxylation is 1. The number of aromatic nitrogens is 3. The SMILES string of the molecule is CCc1[nH]n(-c2ccc(Cl)c(Cl)c2)c(=O)c1C1=C([n+]2ccccc2)C(=O)N(C(C)C)C1=O. The molecule has 1 aliphatic rings. The van der Waals surface area contributed by atoms with Crippen LogP contribution in [0.5, 0.6) is 0 Å². The van der Waals surface area contributed by atoms with E-state index in [9.17, 15) is 14.4 Å². The van der Waals surface area contributed by atoms with Crippen LogP contribution in [0.25, 0.3) is 17.0 Å². The molecule has 0 aliphatic carbocycles. The quantitative estimate of drug-likeness (QED) is 0.456. The molecule has 3 aromatic rings. The van der Waals surface area contributed by atoms with Crippen LogP contribution in [0, 0.1) is 0 Å². The number of rotatable bonds is 5. The van der Waals surface area contributed by atoms with Gasteiger partial charge in [-0.15, -0.1) is 0 Å². The molecule has 0 spiro atoms. The van der Waals surface area contributed by atoms with Gasteiger partial charge in [0.1, 0.15) is 5.57 Å². The number of carbonyl (C=O) groups is 2. The molecule has 4 rings (SSSR count). The lowest BCUT2D eigenvalue weighted by molar-refractivity contribution is -0.576. The van der Waals surface area contributed by atoms with Gasteiger partial charge < -0.3 is 0 Å². The number of aromatic amines is 1. The summed E-state index contributed by atoms with van der Waals surface area (Å²) in [6, 6.07) is 9.76. The minimum Gasteiger partial charge on any atom is -0.294 e. The summed E-state index contributed by atoms with van der Waals surface area (Å²) in [6.07, 6.45) is 3.80. The van der Waals surface area contributed by atoms with Crippen molar-refractivity contribution >= 4 is 46.3 Å². The number of nitrogens with one attached hydrogen (secondary N) is 1. The van der Waals surface area contributed by atoms with Gasteiger partial charge in [-0.25, -0.2) is 4.68 Å².